The van der Waals surface area contributed by atoms with Gasteiger partial charge in [-0.25, -0.2) is 0 Å². The zero-order valence-electron chi connectivity index (χ0n) is 11.3. The first-order chi connectivity index (χ1) is 9.08. The summed E-state index contributed by atoms with van der Waals surface area (Å²) < 4.78 is 0. The number of halogens is 1. The van der Waals surface area contributed by atoms with Gasteiger partial charge in [0.1, 0.15) is 6.42 Å². The van der Waals surface area contributed by atoms with Crippen molar-refractivity contribution < 1.29 is 9.59 Å². The lowest BCUT2D eigenvalue weighted by Crippen LogP contribution is -2.35. The maximum atomic E-state index is 11.7. The number of hydrogen-bond donors (Lipinski definition) is 1. The van der Waals surface area contributed by atoms with Crippen LogP contribution in [-0.2, 0) is 16.1 Å². The summed E-state index contributed by atoms with van der Waals surface area (Å²) in [6.45, 7) is 5.36. The second-order valence-electron chi connectivity index (χ2n) is 4.11. The molecule has 1 aromatic carbocycles. The Kier molecular flexibility index (Phi) is 6.36. The van der Waals surface area contributed by atoms with Crippen LogP contribution in [0.15, 0.2) is 24.3 Å². The summed E-state index contributed by atoms with van der Waals surface area (Å²) in [5, 5.41) is 3.31. The molecule has 2 amide bonds. The summed E-state index contributed by atoms with van der Waals surface area (Å²) in [6, 6.07) is 7.30. The molecular formula is C14H19ClN2O2. The number of carbonyl (C=O) groups is 2. The lowest BCUT2D eigenvalue weighted by atomic mass is 10.2. The number of hydrogen-bond acceptors (Lipinski definition) is 2. The minimum Gasteiger partial charge on any atom is -0.352 e. The van der Waals surface area contributed by atoms with Gasteiger partial charge in [-0.2, -0.15) is 0 Å². The minimum absolute atomic E-state index is 0.119. The zero-order chi connectivity index (χ0) is 14.3. The maximum Gasteiger partial charge on any atom is 0.231 e. The lowest BCUT2D eigenvalue weighted by Gasteiger charge is -2.18. The van der Waals surface area contributed by atoms with E-state index in [0.29, 0.717) is 24.7 Å². The van der Waals surface area contributed by atoms with Crippen LogP contribution in [0.3, 0.4) is 0 Å². The van der Waals surface area contributed by atoms with E-state index in [1.54, 1.807) is 11.0 Å². The predicted octanol–water partition coefficient (Wildman–Crippen LogP) is 2.21. The highest BCUT2D eigenvalue weighted by Gasteiger charge is 2.14. The monoisotopic (exact) mass is 282 g/mol. The molecule has 0 aromatic heterocycles. The standard InChI is InChI=1S/C14H19ClN2O2/c1-3-17(4-2)14(19)9-13(18)16-10-11-7-5-6-8-12(11)15/h5-8H,3-4,9-10H2,1-2H3,(H,16,18). The van der Waals surface area contributed by atoms with Crippen molar-refractivity contribution >= 4 is 23.4 Å². The second kappa shape index (κ2) is 7.79. The van der Waals surface area contributed by atoms with Gasteiger partial charge in [0.15, 0.2) is 0 Å². The molecule has 0 atom stereocenters. The van der Waals surface area contributed by atoms with Crippen molar-refractivity contribution in [3.8, 4) is 0 Å². The molecular weight excluding hydrogens is 264 g/mol. The van der Waals surface area contributed by atoms with E-state index in [4.69, 9.17) is 11.6 Å². The van der Waals surface area contributed by atoms with Crippen LogP contribution in [0.4, 0.5) is 0 Å². The predicted molar refractivity (Wildman–Crippen MR) is 75.8 cm³/mol. The highest BCUT2D eigenvalue weighted by molar-refractivity contribution is 6.31. The fourth-order valence-electron chi connectivity index (χ4n) is 1.72. The Morgan fingerprint density at radius 2 is 1.84 bits per heavy atom. The quantitative estimate of drug-likeness (QED) is 0.814. The molecule has 0 aliphatic rings. The van der Waals surface area contributed by atoms with E-state index in [0.717, 1.165) is 5.56 Å². The molecule has 0 fully saturated rings. The number of nitrogens with zero attached hydrogens (tertiary/aromatic N) is 1. The molecule has 0 radical (unpaired) electrons. The van der Waals surface area contributed by atoms with Crippen LogP contribution in [0.5, 0.6) is 0 Å². The van der Waals surface area contributed by atoms with Crippen LogP contribution >= 0.6 is 11.6 Å². The van der Waals surface area contributed by atoms with Crippen molar-refractivity contribution in [2.45, 2.75) is 26.8 Å². The largest absolute Gasteiger partial charge is 0.352 e. The van der Waals surface area contributed by atoms with E-state index in [1.165, 1.54) is 0 Å². The van der Waals surface area contributed by atoms with Gasteiger partial charge in [-0.3, -0.25) is 9.59 Å². The van der Waals surface area contributed by atoms with Gasteiger partial charge < -0.3 is 10.2 Å². The molecule has 5 heteroatoms. The lowest BCUT2D eigenvalue weighted by molar-refractivity contribution is -0.135. The Bertz CT molecular complexity index is 445. The van der Waals surface area contributed by atoms with E-state index < -0.39 is 0 Å². The van der Waals surface area contributed by atoms with Crippen LogP contribution in [-0.4, -0.2) is 29.8 Å². The molecule has 0 aliphatic carbocycles. The number of nitrogens with one attached hydrogen (secondary N) is 1. The van der Waals surface area contributed by atoms with Crippen LogP contribution < -0.4 is 5.32 Å². The molecule has 0 heterocycles. The van der Waals surface area contributed by atoms with Crippen molar-refractivity contribution in [2.24, 2.45) is 0 Å². The third-order valence-corrected chi connectivity index (χ3v) is 3.23. The summed E-state index contributed by atoms with van der Waals surface area (Å²) in [4.78, 5) is 25.0. The van der Waals surface area contributed by atoms with Crippen molar-refractivity contribution in [2.75, 3.05) is 13.1 Å². The molecule has 0 aliphatic heterocycles. The smallest absolute Gasteiger partial charge is 0.231 e. The third-order valence-electron chi connectivity index (χ3n) is 2.86. The summed E-state index contributed by atoms with van der Waals surface area (Å²) in [5.41, 5.74) is 0.841. The Morgan fingerprint density at radius 3 is 2.42 bits per heavy atom. The second-order valence-corrected chi connectivity index (χ2v) is 4.52. The highest BCUT2D eigenvalue weighted by atomic mass is 35.5. The average molecular weight is 283 g/mol. The zero-order valence-corrected chi connectivity index (χ0v) is 12.0. The molecule has 19 heavy (non-hydrogen) atoms. The Morgan fingerprint density at radius 1 is 1.21 bits per heavy atom. The third kappa shape index (κ3) is 4.91. The number of rotatable bonds is 6. The van der Waals surface area contributed by atoms with Gasteiger partial charge in [0.05, 0.1) is 0 Å². The van der Waals surface area contributed by atoms with Gasteiger partial charge in [0.2, 0.25) is 11.8 Å². The fraction of sp³-hybridized carbons (Fsp3) is 0.429. The van der Waals surface area contributed by atoms with Gasteiger partial charge in [0, 0.05) is 24.7 Å². The Labute approximate surface area is 118 Å². The molecule has 0 bridgehead atoms. The summed E-state index contributed by atoms with van der Waals surface area (Å²) >= 11 is 5.98. The first-order valence-electron chi connectivity index (χ1n) is 6.36. The maximum absolute atomic E-state index is 11.7. The molecule has 0 spiro atoms. The van der Waals surface area contributed by atoms with E-state index in [1.807, 2.05) is 32.0 Å². The number of benzene rings is 1. The molecule has 0 saturated heterocycles. The molecule has 1 rings (SSSR count). The van der Waals surface area contributed by atoms with Gasteiger partial charge in [-0.05, 0) is 25.5 Å². The number of carbonyl (C=O) groups excluding carboxylic acids is 2. The Hall–Kier alpha value is -1.55. The van der Waals surface area contributed by atoms with Gasteiger partial charge in [-0.1, -0.05) is 29.8 Å². The van der Waals surface area contributed by atoms with Crippen molar-refractivity contribution in [1.82, 2.24) is 10.2 Å². The molecule has 1 N–H and O–H groups in total. The van der Waals surface area contributed by atoms with Crippen molar-refractivity contribution in [1.29, 1.82) is 0 Å². The van der Waals surface area contributed by atoms with Crippen LogP contribution in [0.2, 0.25) is 5.02 Å². The van der Waals surface area contributed by atoms with E-state index in [2.05, 4.69) is 5.32 Å². The normalized spacial score (nSPS) is 10.1. The van der Waals surface area contributed by atoms with Crippen LogP contribution in [0.1, 0.15) is 25.8 Å². The van der Waals surface area contributed by atoms with Gasteiger partial charge in [-0.15, -0.1) is 0 Å². The van der Waals surface area contributed by atoms with E-state index in [-0.39, 0.29) is 18.2 Å². The SMILES string of the molecule is CCN(CC)C(=O)CC(=O)NCc1ccccc1Cl. The molecule has 104 valence electrons. The molecule has 0 unspecified atom stereocenters. The summed E-state index contributed by atoms with van der Waals surface area (Å²) in [5.74, 6) is -0.432. The first-order valence-corrected chi connectivity index (χ1v) is 6.74. The first kappa shape index (κ1) is 15.5. The van der Waals surface area contributed by atoms with Crippen molar-refractivity contribution in [3.63, 3.8) is 0 Å². The fourth-order valence-corrected chi connectivity index (χ4v) is 1.93. The topological polar surface area (TPSA) is 49.4 Å². The molecule has 4 nitrogen and oxygen atoms in total. The van der Waals surface area contributed by atoms with Crippen LogP contribution in [0, 0.1) is 0 Å². The minimum atomic E-state index is -0.281. The summed E-state index contributed by atoms with van der Waals surface area (Å²) in [7, 11) is 0. The number of amides is 2. The molecule has 0 saturated carbocycles. The molecule has 1 aromatic rings. The summed E-state index contributed by atoms with van der Waals surface area (Å²) in [6.07, 6.45) is -0.119. The van der Waals surface area contributed by atoms with E-state index >= 15 is 0 Å². The average Bonchev–Trinajstić information content (AvgIpc) is 2.39. The van der Waals surface area contributed by atoms with Crippen LogP contribution in [0.25, 0.3) is 0 Å². The van der Waals surface area contributed by atoms with E-state index in [9.17, 15) is 9.59 Å². The Balaban J connectivity index is 2.44. The highest BCUT2D eigenvalue weighted by Crippen LogP contribution is 2.14. The van der Waals surface area contributed by atoms with Crippen molar-refractivity contribution in [3.05, 3.63) is 34.9 Å². The van der Waals surface area contributed by atoms with Gasteiger partial charge >= 0.3 is 0 Å². The van der Waals surface area contributed by atoms with Gasteiger partial charge in [0.25, 0.3) is 0 Å².